The molecule has 0 bridgehead atoms. The average molecular weight is 406 g/mol. The molecule has 11 heteroatoms. The van der Waals surface area contributed by atoms with E-state index in [-0.39, 0.29) is 10.5 Å². The summed E-state index contributed by atoms with van der Waals surface area (Å²) < 4.78 is 36.3. The Hall–Kier alpha value is -3.18. The highest BCUT2D eigenvalue weighted by molar-refractivity contribution is 7.89. The van der Waals surface area contributed by atoms with Crippen molar-refractivity contribution in [3.05, 3.63) is 48.3 Å². The predicted molar refractivity (Wildman–Crippen MR) is 97.1 cm³/mol. The van der Waals surface area contributed by atoms with E-state index >= 15 is 0 Å². The van der Waals surface area contributed by atoms with Crippen LogP contribution in [0.5, 0.6) is 11.5 Å². The van der Waals surface area contributed by atoms with Crippen LogP contribution in [0.25, 0.3) is 0 Å². The Morgan fingerprint density at radius 2 is 1.89 bits per heavy atom. The number of hydrogen-bond donors (Lipinski definition) is 2. The van der Waals surface area contributed by atoms with Crippen molar-refractivity contribution in [1.29, 1.82) is 0 Å². The Balaban J connectivity index is 1.56. The first-order chi connectivity index (χ1) is 13.4. The molecular formula is C17H18N4O6S. The van der Waals surface area contributed by atoms with Crippen LogP contribution in [0.2, 0.25) is 0 Å². The first kappa shape index (κ1) is 19.6. The van der Waals surface area contributed by atoms with Crippen molar-refractivity contribution < 1.29 is 27.5 Å². The standard InChI is InChI=1S/C17H18N4O6S/c1-21(28(24,25)13-3-2-6-18-10-13)11-16(22)19-20-17(23)12-4-5-14-15(9-12)27-8-7-26-14/h2-6,9-10H,7-8,11H2,1H3,(H,19,22)(H,20,23). The van der Waals surface area contributed by atoms with Crippen molar-refractivity contribution in [2.45, 2.75) is 4.90 Å². The van der Waals surface area contributed by atoms with Crippen LogP contribution in [0.15, 0.2) is 47.6 Å². The lowest BCUT2D eigenvalue weighted by molar-refractivity contribution is -0.121. The van der Waals surface area contributed by atoms with Gasteiger partial charge in [-0.05, 0) is 30.3 Å². The molecule has 1 aromatic carbocycles. The molecule has 0 atom stereocenters. The molecule has 1 aliphatic heterocycles. The zero-order valence-electron chi connectivity index (χ0n) is 14.9. The van der Waals surface area contributed by atoms with Gasteiger partial charge in [0.05, 0.1) is 6.54 Å². The lowest BCUT2D eigenvalue weighted by Crippen LogP contribution is -2.46. The molecule has 148 valence electrons. The minimum absolute atomic E-state index is 0.0365. The maximum absolute atomic E-state index is 12.4. The SMILES string of the molecule is CN(CC(=O)NNC(=O)c1ccc2c(c1)OCCO2)S(=O)(=O)c1cccnc1. The summed E-state index contributed by atoms with van der Waals surface area (Å²) in [6.45, 7) is 0.329. The molecule has 0 radical (unpaired) electrons. The summed E-state index contributed by atoms with van der Waals surface area (Å²) in [7, 11) is -2.61. The largest absolute Gasteiger partial charge is 0.486 e. The number of hydrogen-bond acceptors (Lipinski definition) is 7. The molecule has 0 saturated carbocycles. The maximum atomic E-state index is 12.4. The number of sulfonamides is 1. The van der Waals surface area contributed by atoms with Crippen molar-refractivity contribution in [2.75, 3.05) is 26.8 Å². The fraction of sp³-hybridized carbons (Fsp3) is 0.235. The Morgan fingerprint density at radius 1 is 1.14 bits per heavy atom. The van der Waals surface area contributed by atoms with E-state index in [1.54, 1.807) is 6.07 Å². The van der Waals surface area contributed by atoms with Crippen molar-refractivity contribution in [3.63, 3.8) is 0 Å². The van der Waals surface area contributed by atoms with Crippen LogP contribution in [0.4, 0.5) is 0 Å². The third kappa shape index (κ3) is 4.38. The molecule has 3 rings (SSSR count). The summed E-state index contributed by atoms with van der Waals surface area (Å²) in [5, 5.41) is 0. The zero-order chi connectivity index (χ0) is 20.1. The number of pyridine rings is 1. The average Bonchev–Trinajstić information content (AvgIpc) is 2.72. The number of nitrogens with one attached hydrogen (secondary N) is 2. The summed E-state index contributed by atoms with van der Waals surface area (Å²) in [6, 6.07) is 7.47. The number of carbonyl (C=O) groups excluding carboxylic acids is 2. The van der Waals surface area contributed by atoms with Crippen molar-refractivity contribution in [3.8, 4) is 11.5 Å². The van der Waals surface area contributed by atoms with E-state index in [9.17, 15) is 18.0 Å². The van der Waals surface area contributed by atoms with Crippen LogP contribution in [0, 0.1) is 0 Å². The monoisotopic (exact) mass is 406 g/mol. The number of likely N-dealkylation sites (N-methyl/N-ethyl adjacent to an activating group) is 1. The number of carbonyl (C=O) groups is 2. The van der Waals surface area contributed by atoms with Gasteiger partial charge in [0.15, 0.2) is 11.5 Å². The van der Waals surface area contributed by atoms with Crippen LogP contribution >= 0.6 is 0 Å². The summed E-state index contributed by atoms with van der Waals surface area (Å²) in [5.41, 5.74) is 4.67. The summed E-state index contributed by atoms with van der Waals surface area (Å²) in [6.07, 6.45) is 2.63. The first-order valence-corrected chi connectivity index (χ1v) is 9.67. The molecule has 10 nitrogen and oxygen atoms in total. The molecule has 1 aromatic heterocycles. The minimum atomic E-state index is -3.87. The molecule has 0 fully saturated rings. The fourth-order valence-electron chi connectivity index (χ4n) is 2.39. The van der Waals surface area contributed by atoms with Gasteiger partial charge in [-0.25, -0.2) is 8.42 Å². The van der Waals surface area contributed by atoms with Gasteiger partial charge in [0.1, 0.15) is 18.1 Å². The first-order valence-electron chi connectivity index (χ1n) is 8.23. The van der Waals surface area contributed by atoms with E-state index in [1.807, 2.05) is 0 Å². The number of hydrazine groups is 1. The third-order valence-electron chi connectivity index (χ3n) is 3.83. The smallest absolute Gasteiger partial charge is 0.269 e. The molecule has 0 saturated heterocycles. The Morgan fingerprint density at radius 3 is 2.61 bits per heavy atom. The summed E-state index contributed by atoms with van der Waals surface area (Å²) in [4.78, 5) is 27.9. The van der Waals surface area contributed by atoms with E-state index in [2.05, 4.69) is 15.8 Å². The number of benzene rings is 1. The van der Waals surface area contributed by atoms with Gasteiger partial charge in [-0.2, -0.15) is 4.31 Å². The number of rotatable bonds is 5. The van der Waals surface area contributed by atoms with E-state index in [0.717, 1.165) is 4.31 Å². The highest BCUT2D eigenvalue weighted by Crippen LogP contribution is 2.30. The van der Waals surface area contributed by atoms with Gasteiger partial charge in [-0.1, -0.05) is 0 Å². The van der Waals surface area contributed by atoms with Gasteiger partial charge in [0.25, 0.3) is 11.8 Å². The van der Waals surface area contributed by atoms with E-state index < -0.39 is 28.4 Å². The lowest BCUT2D eigenvalue weighted by atomic mass is 10.2. The second kappa shape index (κ2) is 8.23. The Labute approximate surface area is 161 Å². The molecule has 0 unspecified atom stereocenters. The number of ether oxygens (including phenoxy) is 2. The van der Waals surface area contributed by atoms with Gasteiger partial charge in [0, 0.05) is 25.0 Å². The fourth-order valence-corrected chi connectivity index (χ4v) is 3.48. The van der Waals surface area contributed by atoms with Crippen LogP contribution in [0.3, 0.4) is 0 Å². The van der Waals surface area contributed by atoms with Crippen LogP contribution in [0.1, 0.15) is 10.4 Å². The number of amides is 2. The minimum Gasteiger partial charge on any atom is -0.486 e. The molecule has 0 aliphatic carbocycles. The molecule has 2 aromatic rings. The van der Waals surface area contributed by atoms with E-state index in [0.29, 0.717) is 24.7 Å². The van der Waals surface area contributed by atoms with Gasteiger partial charge < -0.3 is 9.47 Å². The maximum Gasteiger partial charge on any atom is 0.269 e. The van der Waals surface area contributed by atoms with Gasteiger partial charge in [-0.15, -0.1) is 0 Å². The van der Waals surface area contributed by atoms with Gasteiger partial charge in [-0.3, -0.25) is 25.4 Å². The van der Waals surface area contributed by atoms with Crippen LogP contribution < -0.4 is 20.3 Å². The molecule has 2 heterocycles. The van der Waals surface area contributed by atoms with Gasteiger partial charge >= 0.3 is 0 Å². The molecular weight excluding hydrogens is 388 g/mol. The second-order valence-corrected chi connectivity index (χ2v) is 7.86. The van der Waals surface area contributed by atoms with E-state index in [4.69, 9.17) is 9.47 Å². The van der Waals surface area contributed by atoms with Gasteiger partial charge in [0.2, 0.25) is 10.0 Å². The highest BCUT2D eigenvalue weighted by atomic mass is 32.2. The molecule has 2 N–H and O–H groups in total. The number of fused-ring (bicyclic) bond motifs is 1. The predicted octanol–water partition coefficient (Wildman–Crippen LogP) is -0.0655. The Kier molecular flexibility index (Phi) is 5.76. The van der Waals surface area contributed by atoms with Crippen LogP contribution in [-0.2, 0) is 14.8 Å². The van der Waals surface area contributed by atoms with Crippen molar-refractivity contribution in [1.82, 2.24) is 20.1 Å². The number of nitrogens with zero attached hydrogens (tertiary/aromatic N) is 2. The highest BCUT2D eigenvalue weighted by Gasteiger charge is 2.23. The van der Waals surface area contributed by atoms with E-state index in [1.165, 1.54) is 43.7 Å². The molecule has 28 heavy (non-hydrogen) atoms. The quantitative estimate of drug-likeness (QED) is 0.666. The Bertz CT molecular complexity index is 980. The lowest BCUT2D eigenvalue weighted by Gasteiger charge is -2.19. The third-order valence-corrected chi connectivity index (χ3v) is 5.62. The summed E-state index contributed by atoms with van der Waals surface area (Å²) in [5.74, 6) is -0.314. The van der Waals surface area contributed by atoms with Crippen LogP contribution in [-0.4, -0.2) is 56.3 Å². The van der Waals surface area contributed by atoms with Crippen molar-refractivity contribution in [2.24, 2.45) is 0 Å². The second-order valence-electron chi connectivity index (χ2n) is 5.81. The topological polar surface area (TPSA) is 127 Å². The molecule has 2 amide bonds. The zero-order valence-corrected chi connectivity index (χ0v) is 15.7. The normalized spacial score (nSPS) is 13.1. The number of aromatic nitrogens is 1. The molecule has 0 spiro atoms. The summed E-state index contributed by atoms with van der Waals surface area (Å²) >= 11 is 0. The molecule has 1 aliphatic rings. The van der Waals surface area contributed by atoms with Crippen molar-refractivity contribution >= 4 is 21.8 Å².